The molecule has 1 radical (unpaired) electrons. The Morgan fingerprint density at radius 3 is 1.18 bits per heavy atom. The Kier molecular flexibility index (Phi) is 3.67. The van der Waals surface area contributed by atoms with E-state index in [1.165, 1.54) is 12.6 Å². The highest BCUT2D eigenvalue weighted by Crippen LogP contribution is 2.24. The molecule has 0 aromatic rings. The van der Waals surface area contributed by atoms with Crippen molar-refractivity contribution in [3.63, 3.8) is 0 Å². The van der Waals surface area contributed by atoms with E-state index in [1.807, 2.05) is 0 Å². The van der Waals surface area contributed by atoms with Gasteiger partial charge in [-0.1, -0.05) is 54.2 Å². The second kappa shape index (κ2) is 3.64. The predicted molar refractivity (Wildman–Crippen MR) is 54.3 cm³/mol. The van der Waals surface area contributed by atoms with Crippen molar-refractivity contribution in [1.82, 2.24) is 0 Å². The van der Waals surface area contributed by atoms with Crippen LogP contribution >= 0.6 is 0 Å². The molecule has 0 amide bonds. The van der Waals surface area contributed by atoms with E-state index < -0.39 is 0 Å². The molecule has 11 heavy (non-hydrogen) atoms. The number of hydrogen-bond acceptors (Lipinski definition) is 0. The Morgan fingerprint density at radius 2 is 1.00 bits per heavy atom. The van der Waals surface area contributed by atoms with Gasteiger partial charge < -0.3 is 0 Å². The van der Waals surface area contributed by atoms with E-state index in [1.54, 1.807) is 0 Å². The van der Waals surface area contributed by atoms with Crippen molar-refractivity contribution in [2.24, 2.45) is 10.8 Å². The Balaban J connectivity index is 3.44. The summed E-state index contributed by atoms with van der Waals surface area (Å²) in [6.07, 6.45) is 2.45. The summed E-state index contributed by atoms with van der Waals surface area (Å²) in [5.74, 6) is 0. The Labute approximate surface area is 73.0 Å². The van der Waals surface area contributed by atoms with Gasteiger partial charge in [-0.25, -0.2) is 0 Å². The van der Waals surface area contributed by atoms with Crippen molar-refractivity contribution in [3.05, 3.63) is 0 Å². The van der Waals surface area contributed by atoms with Gasteiger partial charge in [-0.15, -0.1) is 0 Å². The lowest BCUT2D eigenvalue weighted by Crippen LogP contribution is -2.14. The van der Waals surface area contributed by atoms with Crippen molar-refractivity contribution >= 4 is 7.28 Å². The summed E-state index contributed by atoms with van der Waals surface area (Å²) in [5.41, 5.74) is 0.927. The van der Waals surface area contributed by atoms with E-state index in [0.717, 1.165) is 0 Å². The summed E-state index contributed by atoms with van der Waals surface area (Å²) >= 11 is 0. The SMILES string of the molecule is CC(C)(C)C[B]CC(C)(C)C. The van der Waals surface area contributed by atoms with Crippen LogP contribution in [0.2, 0.25) is 12.6 Å². The van der Waals surface area contributed by atoms with Gasteiger partial charge in [-0.3, -0.25) is 0 Å². The molecule has 0 nitrogen and oxygen atoms in total. The van der Waals surface area contributed by atoms with Crippen LogP contribution in [0.5, 0.6) is 0 Å². The largest absolute Gasteiger partial charge is 0.110 e. The fraction of sp³-hybridized carbons (Fsp3) is 1.00. The minimum Gasteiger partial charge on any atom is -0.0755 e. The molecule has 0 aliphatic rings. The maximum atomic E-state index is 2.42. The predicted octanol–water partition coefficient (Wildman–Crippen LogP) is 3.62. The molecule has 0 fully saturated rings. The summed E-state index contributed by atoms with van der Waals surface area (Å²) in [4.78, 5) is 0. The molecule has 0 saturated heterocycles. The molecule has 0 bridgehead atoms. The molecule has 1 heteroatoms. The van der Waals surface area contributed by atoms with Crippen LogP contribution in [0.4, 0.5) is 0 Å². The number of hydrogen-bond donors (Lipinski definition) is 0. The maximum absolute atomic E-state index is 2.42. The van der Waals surface area contributed by atoms with E-state index in [4.69, 9.17) is 0 Å². The summed E-state index contributed by atoms with van der Waals surface area (Å²) in [5, 5.41) is 0. The van der Waals surface area contributed by atoms with Gasteiger partial charge in [0.05, 0.1) is 0 Å². The van der Waals surface area contributed by atoms with E-state index in [9.17, 15) is 0 Å². The smallest absolute Gasteiger partial charge is 0.0755 e. The van der Waals surface area contributed by atoms with Crippen molar-refractivity contribution in [1.29, 1.82) is 0 Å². The van der Waals surface area contributed by atoms with Gasteiger partial charge in [0.1, 0.15) is 7.28 Å². The zero-order valence-corrected chi connectivity index (χ0v) is 8.99. The van der Waals surface area contributed by atoms with Crippen LogP contribution in [0.1, 0.15) is 41.5 Å². The minimum absolute atomic E-state index is 0.464. The third kappa shape index (κ3) is 10.1. The fourth-order valence-corrected chi connectivity index (χ4v) is 0.938. The molecule has 0 spiro atoms. The standard InChI is InChI=1S/C10H22B/c1-9(2,3)7-11-8-10(4,5)6/h7-8H2,1-6H3. The molecular weight excluding hydrogens is 131 g/mol. The van der Waals surface area contributed by atoms with Gasteiger partial charge in [0.15, 0.2) is 0 Å². The zero-order valence-electron chi connectivity index (χ0n) is 8.99. The molecule has 65 valence electrons. The molecule has 0 unspecified atom stereocenters. The molecule has 0 saturated carbocycles. The minimum atomic E-state index is 0.464. The monoisotopic (exact) mass is 153 g/mol. The van der Waals surface area contributed by atoms with Gasteiger partial charge in [0.25, 0.3) is 0 Å². The lowest BCUT2D eigenvalue weighted by atomic mass is 9.57. The molecule has 0 heterocycles. The lowest BCUT2D eigenvalue weighted by molar-refractivity contribution is 0.445. The summed E-state index contributed by atoms with van der Waals surface area (Å²) in [6.45, 7) is 13.7. The average molecular weight is 153 g/mol. The first kappa shape index (κ1) is 11.1. The second-order valence-corrected chi connectivity index (χ2v) is 5.82. The molecule has 0 aromatic heterocycles. The first-order valence-electron chi connectivity index (χ1n) is 4.52. The summed E-state index contributed by atoms with van der Waals surface area (Å²) < 4.78 is 0. The van der Waals surface area contributed by atoms with Crippen LogP contribution in [0.3, 0.4) is 0 Å². The normalized spacial score (nSPS) is 13.3. The van der Waals surface area contributed by atoms with E-state index >= 15 is 0 Å². The molecule has 0 atom stereocenters. The number of rotatable bonds is 2. The van der Waals surface area contributed by atoms with Crippen molar-refractivity contribution < 1.29 is 0 Å². The van der Waals surface area contributed by atoms with Crippen LogP contribution in [-0.2, 0) is 0 Å². The molecule has 0 aliphatic carbocycles. The van der Waals surface area contributed by atoms with E-state index in [2.05, 4.69) is 48.8 Å². The van der Waals surface area contributed by atoms with E-state index in [0.29, 0.717) is 10.8 Å². The first-order chi connectivity index (χ1) is 4.71. The maximum Gasteiger partial charge on any atom is 0.110 e. The second-order valence-electron chi connectivity index (χ2n) is 5.82. The average Bonchev–Trinajstić information content (AvgIpc) is 1.55. The molecule has 0 aromatic carbocycles. The van der Waals surface area contributed by atoms with Crippen LogP contribution in [0, 0.1) is 10.8 Å². The lowest BCUT2D eigenvalue weighted by Gasteiger charge is -2.22. The van der Waals surface area contributed by atoms with Crippen LogP contribution in [0.25, 0.3) is 0 Å². The van der Waals surface area contributed by atoms with Crippen molar-refractivity contribution in [2.45, 2.75) is 54.2 Å². The van der Waals surface area contributed by atoms with Crippen molar-refractivity contribution in [3.8, 4) is 0 Å². The Hall–Kier alpha value is 0.0649. The van der Waals surface area contributed by atoms with Crippen molar-refractivity contribution in [2.75, 3.05) is 0 Å². The first-order valence-corrected chi connectivity index (χ1v) is 4.52. The highest BCUT2D eigenvalue weighted by Gasteiger charge is 2.14. The quantitative estimate of drug-likeness (QED) is 0.531. The molecule has 0 aliphatic heterocycles. The van der Waals surface area contributed by atoms with Crippen LogP contribution < -0.4 is 0 Å². The highest BCUT2D eigenvalue weighted by atomic mass is 14.1. The third-order valence-electron chi connectivity index (χ3n) is 1.51. The van der Waals surface area contributed by atoms with Gasteiger partial charge in [-0.2, -0.15) is 0 Å². The van der Waals surface area contributed by atoms with Gasteiger partial charge in [0.2, 0.25) is 0 Å². The highest BCUT2D eigenvalue weighted by molar-refractivity contribution is 6.35. The van der Waals surface area contributed by atoms with E-state index in [-0.39, 0.29) is 0 Å². The molecular formula is C10H22B. The van der Waals surface area contributed by atoms with Crippen LogP contribution in [-0.4, -0.2) is 7.28 Å². The van der Waals surface area contributed by atoms with Gasteiger partial charge in [-0.05, 0) is 10.8 Å². The van der Waals surface area contributed by atoms with Gasteiger partial charge >= 0.3 is 0 Å². The fourth-order valence-electron chi connectivity index (χ4n) is 0.938. The third-order valence-corrected chi connectivity index (χ3v) is 1.51. The topological polar surface area (TPSA) is 0 Å². The molecule has 0 rings (SSSR count). The van der Waals surface area contributed by atoms with Gasteiger partial charge in [0, 0.05) is 0 Å². The zero-order chi connectivity index (χ0) is 9.12. The molecule has 0 N–H and O–H groups in total. The summed E-state index contributed by atoms with van der Waals surface area (Å²) in [6, 6.07) is 0. The van der Waals surface area contributed by atoms with Crippen LogP contribution in [0.15, 0.2) is 0 Å². The Morgan fingerprint density at radius 1 is 0.727 bits per heavy atom. The summed E-state index contributed by atoms with van der Waals surface area (Å²) in [7, 11) is 2.42. The Bertz CT molecular complexity index is 89.0.